The zero-order valence-electron chi connectivity index (χ0n) is 14.7. The first-order chi connectivity index (χ1) is 12.1. The summed E-state index contributed by atoms with van der Waals surface area (Å²) in [6, 6.07) is -0.996. The number of hydrogen-bond acceptors (Lipinski definition) is 10. The van der Waals surface area contributed by atoms with E-state index in [9.17, 15) is 19.2 Å². The average Bonchev–Trinajstić information content (AvgIpc) is 2.50. The van der Waals surface area contributed by atoms with Gasteiger partial charge in [-0.25, -0.2) is 0 Å². The number of isothiocyanates is 1. The third kappa shape index (κ3) is 6.51. The lowest BCUT2D eigenvalue weighted by molar-refractivity contribution is -0.222. The zero-order valence-corrected chi connectivity index (χ0v) is 15.5. The second-order valence-corrected chi connectivity index (χ2v) is 5.65. The number of nitrogens with zero attached hydrogens (tertiary/aromatic N) is 1. The lowest BCUT2D eigenvalue weighted by atomic mass is 9.95. The summed E-state index contributed by atoms with van der Waals surface area (Å²) in [4.78, 5) is 49.5. The predicted molar refractivity (Wildman–Crippen MR) is 89.0 cm³/mol. The summed E-state index contributed by atoms with van der Waals surface area (Å²) in [5.41, 5.74) is 0. The van der Waals surface area contributed by atoms with Gasteiger partial charge in [-0.05, 0) is 12.2 Å². The Balaban J connectivity index is 3.28. The highest BCUT2D eigenvalue weighted by Gasteiger charge is 2.50. The molecule has 0 aromatic carbocycles. The van der Waals surface area contributed by atoms with Gasteiger partial charge in [-0.3, -0.25) is 19.2 Å². The number of aliphatic imine (C=N–C) groups is 1. The van der Waals surface area contributed by atoms with Crippen LogP contribution in [-0.2, 0) is 38.1 Å². The topological polar surface area (TPSA) is 130 Å². The van der Waals surface area contributed by atoms with Crippen LogP contribution in [0.2, 0.25) is 0 Å². The number of ether oxygens (including phenoxy) is 4. The molecule has 0 radical (unpaired) electrons. The third-order valence-corrected chi connectivity index (χ3v) is 3.38. The molecule has 1 saturated heterocycles. The molecule has 144 valence electrons. The smallest absolute Gasteiger partial charge is 0.303 e. The first kappa shape index (κ1) is 21.7. The number of carbonyl (C=O) groups excluding carboxylic acids is 4. The van der Waals surface area contributed by atoms with Gasteiger partial charge in [0.25, 0.3) is 0 Å². The summed E-state index contributed by atoms with van der Waals surface area (Å²) in [6.07, 6.45) is -4.39. The van der Waals surface area contributed by atoms with Gasteiger partial charge in [0, 0.05) is 27.7 Å². The van der Waals surface area contributed by atoms with E-state index in [0.717, 1.165) is 13.8 Å². The minimum absolute atomic E-state index is 0.290. The molecule has 1 fully saturated rings. The van der Waals surface area contributed by atoms with Crippen molar-refractivity contribution >= 4 is 41.2 Å². The van der Waals surface area contributed by atoms with Crippen molar-refractivity contribution in [1.29, 1.82) is 0 Å². The first-order valence-corrected chi connectivity index (χ1v) is 8.03. The van der Waals surface area contributed by atoms with E-state index in [1.165, 1.54) is 13.8 Å². The highest BCUT2D eigenvalue weighted by molar-refractivity contribution is 7.78. The molecule has 10 nitrogen and oxygen atoms in total. The summed E-state index contributed by atoms with van der Waals surface area (Å²) >= 11 is 4.58. The van der Waals surface area contributed by atoms with Gasteiger partial charge in [0.2, 0.25) is 5.91 Å². The largest absolute Gasteiger partial charge is 0.463 e. The molecule has 1 N–H and O–H groups in total. The Bertz CT molecular complexity index is 619. The van der Waals surface area contributed by atoms with Crippen LogP contribution in [0.25, 0.3) is 0 Å². The highest BCUT2D eigenvalue weighted by atomic mass is 32.1. The quantitative estimate of drug-likeness (QED) is 0.283. The Morgan fingerprint density at radius 2 is 1.62 bits per heavy atom. The summed E-state index contributed by atoms with van der Waals surface area (Å²) < 4.78 is 21.1. The van der Waals surface area contributed by atoms with Gasteiger partial charge in [0.15, 0.2) is 18.4 Å². The molecule has 11 heteroatoms. The number of rotatable bonds is 6. The number of thiocarbonyl (C=S) groups is 1. The van der Waals surface area contributed by atoms with Crippen molar-refractivity contribution in [2.45, 2.75) is 58.3 Å². The van der Waals surface area contributed by atoms with Crippen molar-refractivity contribution in [3.05, 3.63) is 0 Å². The fourth-order valence-corrected chi connectivity index (χ4v) is 2.57. The maximum Gasteiger partial charge on any atom is 0.303 e. The molecule has 0 aromatic heterocycles. The van der Waals surface area contributed by atoms with Crippen molar-refractivity contribution in [2.75, 3.05) is 6.61 Å². The van der Waals surface area contributed by atoms with E-state index in [1.807, 2.05) is 0 Å². The number of hydrogen-bond donors (Lipinski definition) is 1. The van der Waals surface area contributed by atoms with Crippen LogP contribution in [0.4, 0.5) is 0 Å². The molecule has 1 aliphatic rings. The van der Waals surface area contributed by atoms with Crippen LogP contribution in [0, 0.1) is 0 Å². The zero-order chi connectivity index (χ0) is 19.9. The van der Waals surface area contributed by atoms with Crippen LogP contribution >= 0.6 is 12.2 Å². The molecule has 1 amide bonds. The second-order valence-electron chi connectivity index (χ2n) is 5.46. The Morgan fingerprint density at radius 1 is 1.04 bits per heavy atom. The summed E-state index contributed by atoms with van der Waals surface area (Å²) in [5, 5.41) is 4.67. The number of nitrogens with one attached hydrogen (secondary N) is 1. The number of amides is 1. The molecule has 1 rings (SSSR count). The Morgan fingerprint density at radius 3 is 2.08 bits per heavy atom. The first-order valence-electron chi connectivity index (χ1n) is 7.63. The minimum Gasteiger partial charge on any atom is -0.463 e. The van der Waals surface area contributed by atoms with Crippen LogP contribution in [0.15, 0.2) is 4.99 Å². The number of carbonyl (C=O) groups is 4. The molecular formula is C15H20N2O8S. The van der Waals surface area contributed by atoms with E-state index in [4.69, 9.17) is 18.9 Å². The maximum absolute atomic E-state index is 11.5. The van der Waals surface area contributed by atoms with E-state index in [-0.39, 0.29) is 6.61 Å². The second kappa shape index (κ2) is 9.95. The van der Waals surface area contributed by atoms with Gasteiger partial charge in [-0.15, -0.1) is 0 Å². The molecule has 0 unspecified atom stereocenters. The standard InChI is InChI=1S/C15H20N2O8S/c1-7(18)17-12-14(24-10(4)21)13(23-9(3)20)11(5-22-8(2)19)25-15(12)16-6-26/h11-15H,5H2,1-4H3,(H,17,18)/t11-,12-,13-,14-,15-/m1/s1. The SMILES string of the molecule is CC(=O)N[C@@H]1[C@@H](OC(C)=O)[C@H](OC(C)=O)[C@@H](COC(C)=O)O[C@H]1N=C=S. The number of esters is 3. The van der Waals surface area contributed by atoms with E-state index in [0.29, 0.717) is 0 Å². The van der Waals surface area contributed by atoms with Gasteiger partial charge < -0.3 is 24.3 Å². The normalized spacial score (nSPS) is 27.5. The summed E-state index contributed by atoms with van der Waals surface area (Å²) in [7, 11) is 0. The van der Waals surface area contributed by atoms with Crippen molar-refractivity contribution < 1.29 is 38.1 Å². The molecular weight excluding hydrogens is 368 g/mol. The Hall–Kier alpha value is -2.36. The van der Waals surface area contributed by atoms with Crippen molar-refractivity contribution in [1.82, 2.24) is 5.32 Å². The van der Waals surface area contributed by atoms with Crippen LogP contribution in [0.5, 0.6) is 0 Å². The van der Waals surface area contributed by atoms with Gasteiger partial charge in [0.05, 0.1) is 5.16 Å². The van der Waals surface area contributed by atoms with Crippen molar-refractivity contribution in [2.24, 2.45) is 4.99 Å². The lowest BCUT2D eigenvalue weighted by Crippen LogP contribution is -2.65. The maximum atomic E-state index is 11.5. The molecule has 0 bridgehead atoms. The van der Waals surface area contributed by atoms with Gasteiger partial charge in [0.1, 0.15) is 18.8 Å². The third-order valence-electron chi connectivity index (χ3n) is 3.27. The van der Waals surface area contributed by atoms with Crippen molar-refractivity contribution in [3.63, 3.8) is 0 Å². The molecule has 0 aliphatic carbocycles. The van der Waals surface area contributed by atoms with Gasteiger partial charge in [-0.2, -0.15) is 4.99 Å². The van der Waals surface area contributed by atoms with Crippen LogP contribution < -0.4 is 5.32 Å². The minimum atomic E-state index is -1.15. The molecule has 1 heterocycles. The molecule has 5 atom stereocenters. The molecule has 1 aliphatic heterocycles. The molecule has 0 spiro atoms. The van der Waals surface area contributed by atoms with E-state index < -0.39 is 54.4 Å². The van der Waals surface area contributed by atoms with Gasteiger partial charge >= 0.3 is 17.9 Å². The predicted octanol–water partition coefficient (Wildman–Crippen LogP) is -0.255. The van der Waals surface area contributed by atoms with Crippen LogP contribution in [-0.4, -0.2) is 66.2 Å². The summed E-state index contributed by atoms with van der Waals surface area (Å²) in [5.74, 6) is -2.40. The Kier molecular flexibility index (Phi) is 8.30. The summed E-state index contributed by atoms with van der Waals surface area (Å²) in [6.45, 7) is 4.46. The van der Waals surface area contributed by atoms with E-state index in [1.54, 1.807) is 0 Å². The van der Waals surface area contributed by atoms with Crippen molar-refractivity contribution in [3.8, 4) is 0 Å². The van der Waals surface area contributed by atoms with E-state index in [2.05, 4.69) is 27.7 Å². The molecule has 26 heavy (non-hydrogen) atoms. The Labute approximate surface area is 155 Å². The fraction of sp³-hybridized carbons (Fsp3) is 0.667. The monoisotopic (exact) mass is 388 g/mol. The van der Waals surface area contributed by atoms with Crippen LogP contribution in [0.1, 0.15) is 27.7 Å². The molecule has 0 saturated carbocycles. The average molecular weight is 388 g/mol. The van der Waals surface area contributed by atoms with Crippen LogP contribution in [0.3, 0.4) is 0 Å². The lowest BCUT2D eigenvalue weighted by Gasteiger charge is -2.43. The van der Waals surface area contributed by atoms with E-state index >= 15 is 0 Å². The molecule has 0 aromatic rings. The fourth-order valence-electron chi connectivity index (χ4n) is 2.47. The highest BCUT2D eigenvalue weighted by Crippen LogP contribution is 2.27. The van der Waals surface area contributed by atoms with Gasteiger partial charge in [-0.1, -0.05) is 0 Å².